The minimum absolute atomic E-state index is 0.0101. The molecule has 3 aromatic rings. The summed E-state index contributed by atoms with van der Waals surface area (Å²) in [6.07, 6.45) is 1.50. The molecule has 0 spiro atoms. The van der Waals surface area contributed by atoms with Crippen molar-refractivity contribution in [2.24, 2.45) is 16.9 Å². The highest BCUT2D eigenvalue weighted by atomic mass is 32.2. The molecule has 0 saturated carbocycles. The molecule has 8 N–H and O–H groups in total. The van der Waals surface area contributed by atoms with Gasteiger partial charge in [-0.3, -0.25) is 24.0 Å². The number of hydrogen-bond donors (Lipinski definition) is 6. The van der Waals surface area contributed by atoms with E-state index in [0.29, 0.717) is 17.8 Å². The van der Waals surface area contributed by atoms with Crippen LogP contribution >= 0.6 is 11.8 Å². The van der Waals surface area contributed by atoms with Gasteiger partial charge in [0, 0.05) is 61.2 Å². The molecule has 294 valence electrons. The Kier molecular flexibility index (Phi) is 16.3. The van der Waals surface area contributed by atoms with Crippen molar-refractivity contribution < 1.29 is 48.1 Å². The van der Waals surface area contributed by atoms with Crippen LogP contribution in [-0.4, -0.2) is 97.1 Å². The van der Waals surface area contributed by atoms with Gasteiger partial charge in [-0.05, 0) is 48.1 Å². The zero-order chi connectivity index (χ0) is 40.2. The van der Waals surface area contributed by atoms with Gasteiger partial charge in [-0.25, -0.2) is 8.78 Å². The Labute approximate surface area is 317 Å². The van der Waals surface area contributed by atoms with Crippen molar-refractivity contribution in [3.8, 4) is 11.1 Å². The first-order chi connectivity index (χ1) is 25.4. The second-order valence-electron chi connectivity index (χ2n) is 14.0. The first kappa shape index (κ1) is 43.8. The van der Waals surface area contributed by atoms with E-state index >= 15 is 4.39 Å². The van der Waals surface area contributed by atoms with Crippen LogP contribution in [-0.2, 0) is 30.5 Å². The number of halogens is 2. The minimum atomic E-state index is -1.28. The molecular weight excluding hydrogens is 725 g/mol. The fourth-order valence-electron chi connectivity index (χ4n) is 5.96. The summed E-state index contributed by atoms with van der Waals surface area (Å²) in [5.41, 5.74) is 12.9. The zero-order valence-corrected chi connectivity index (χ0v) is 31.4. The van der Waals surface area contributed by atoms with Crippen molar-refractivity contribution >= 4 is 41.3 Å². The molecule has 0 saturated heterocycles. The van der Waals surface area contributed by atoms with Gasteiger partial charge in [0.25, 0.3) is 0 Å². The van der Waals surface area contributed by atoms with E-state index in [2.05, 4.69) is 5.32 Å². The number of thioether (sulfide) groups is 1. The average molecular weight is 774 g/mol. The van der Waals surface area contributed by atoms with Gasteiger partial charge in [-0.2, -0.15) is 0 Å². The molecule has 13 nitrogen and oxygen atoms in total. The number of Topliss-reactive ketones (excluding diaryl/α,β-unsaturated/α-hetero) is 1. The standard InChI is InChI=1S/C38H49F2N5O8S/c1-38(2,3)34(31-16-24(27-17-25(39)11-12-28(27)40)20-44(31)19-23-8-5-4-6-9-23)45(33(48)21-46)15-13-29(41)35(49)43-14-7-10-26(47)18-32(37(52)53)54-22-30(42)36(50)51/h4-6,8-9,11-12,16-17,20,29-30,32,34,46H,7,10,13-15,18-19,21-22,41-42H2,1-3H3,(H,43,49)(H,50,51)(H,52,53)/t29-,30-,32?,34-/m0/s1. The summed E-state index contributed by atoms with van der Waals surface area (Å²) >= 11 is 0.771. The Hall–Kier alpha value is -4.64. The van der Waals surface area contributed by atoms with Crippen molar-refractivity contribution in [3.05, 3.63) is 83.7 Å². The van der Waals surface area contributed by atoms with Crippen LogP contribution in [0.3, 0.4) is 0 Å². The van der Waals surface area contributed by atoms with E-state index in [9.17, 15) is 38.6 Å². The van der Waals surface area contributed by atoms with Gasteiger partial charge in [-0.15, -0.1) is 11.8 Å². The highest BCUT2D eigenvalue weighted by molar-refractivity contribution is 8.00. The minimum Gasteiger partial charge on any atom is -0.480 e. The van der Waals surface area contributed by atoms with Gasteiger partial charge in [0.05, 0.1) is 12.1 Å². The summed E-state index contributed by atoms with van der Waals surface area (Å²) in [7, 11) is 0. The predicted octanol–water partition coefficient (Wildman–Crippen LogP) is 3.56. The van der Waals surface area contributed by atoms with Gasteiger partial charge >= 0.3 is 11.9 Å². The Balaban J connectivity index is 1.74. The number of amides is 2. The molecule has 3 rings (SSSR count). The number of aliphatic hydroxyl groups is 1. The highest BCUT2D eigenvalue weighted by Crippen LogP contribution is 2.41. The van der Waals surface area contributed by atoms with E-state index < -0.39 is 70.8 Å². The first-order valence-electron chi connectivity index (χ1n) is 17.4. The Morgan fingerprint density at radius 3 is 2.26 bits per heavy atom. The lowest BCUT2D eigenvalue weighted by atomic mass is 9.82. The highest BCUT2D eigenvalue weighted by Gasteiger charge is 2.37. The number of hydrogen-bond acceptors (Lipinski definition) is 9. The third kappa shape index (κ3) is 12.7. The molecule has 1 heterocycles. The quantitative estimate of drug-likeness (QED) is 0.0860. The average Bonchev–Trinajstić information content (AvgIpc) is 3.52. The number of carbonyl (C=O) groups excluding carboxylic acids is 3. The summed E-state index contributed by atoms with van der Waals surface area (Å²) in [6.45, 7) is 5.20. The van der Waals surface area contributed by atoms with Gasteiger partial charge in [0.1, 0.15) is 35.3 Å². The Bertz CT molecular complexity index is 1770. The lowest BCUT2D eigenvalue weighted by Crippen LogP contribution is -2.47. The van der Waals surface area contributed by atoms with E-state index in [1.54, 1.807) is 12.3 Å². The van der Waals surface area contributed by atoms with Crippen molar-refractivity contribution in [3.63, 3.8) is 0 Å². The van der Waals surface area contributed by atoms with Crippen molar-refractivity contribution in [1.82, 2.24) is 14.8 Å². The molecule has 0 fully saturated rings. The van der Waals surface area contributed by atoms with Crippen LogP contribution in [0.4, 0.5) is 8.78 Å². The number of aromatic nitrogens is 1. The molecule has 54 heavy (non-hydrogen) atoms. The lowest BCUT2D eigenvalue weighted by Gasteiger charge is -2.41. The molecule has 1 unspecified atom stereocenters. The van der Waals surface area contributed by atoms with E-state index in [-0.39, 0.29) is 55.9 Å². The third-order valence-corrected chi connectivity index (χ3v) is 9.99. The van der Waals surface area contributed by atoms with E-state index in [0.717, 1.165) is 35.5 Å². The van der Waals surface area contributed by atoms with Crippen LogP contribution < -0.4 is 16.8 Å². The molecule has 1 aromatic heterocycles. The Morgan fingerprint density at radius 1 is 0.963 bits per heavy atom. The number of nitrogens with zero attached hydrogens (tertiary/aromatic N) is 2. The number of carboxylic acids is 2. The molecule has 0 aliphatic rings. The lowest BCUT2D eigenvalue weighted by molar-refractivity contribution is -0.140. The number of carbonyl (C=O) groups is 5. The fourth-order valence-corrected chi connectivity index (χ4v) is 6.98. The van der Waals surface area contributed by atoms with Crippen LogP contribution in [0.2, 0.25) is 0 Å². The summed E-state index contributed by atoms with van der Waals surface area (Å²) in [4.78, 5) is 62.7. The van der Waals surface area contributed by atoms with Crippen molar-refractivity contribution in [2.45, 2.75) is 76.4 Å². The van der Waals surface area contributed by atoms with Crippen molar-refractivity contribution in [1.29, 1.82) is 0 Å². The fraction of sp³-hybridized carbons (Fsp3) is 0.447. The van der Waals surface area contributed by atoms with Crippen molar-refractivity contribution in [2.75, 3.05) is 25.4 Å². The maximum atomic E-state index is 15.0. The van der Waals surface area contributed by atoms with Gasteiger partial charge < -0.3 is 41.6 Å². The van der Waals surface area contributed by atoms with E-state index in [1.165, 1.54) is 4.90 Å². The smallest absolute Gasteiger partial charge is 0.321 e. The molecule has 0 bridgehead atoms. The molecule has 4 atom stereocenters. The Morgan fingerprint density at radius 2 is 1.65 bits per heavy atom. The monoisotopic (exact) mass is 773 g/mol. The third-order valence-electron chi connectivity index (χ3n) is 8.66. The van der Waals surface area contributed by atoms with Crippen LogP contribution in [0.5, 0.6) is 0 Å². The molecule has 0 aliphatic heterocycles. The second kappa shape index (κ2) is 20.2. The molecule has 2 amide bonds. The number of ketones is 1. The first-order valence-corrected chi connectivity index (χ1v) is 18.4. The number of aliphatic hydroxyl groups excluding tert-OH is 1. The number of aliphatic carboxylic acids is 2. The van der Waals surface area contributed by atoms with Crippen LogP contribution in [0.15, 0.2) is 60.8 Å². The number of nitrogens with two attached hydrogens (primary N) is 2. The zero-order valence-electron chi connectivity index (χ0n) is 30.5. The topological polar surface area (TPSA) is 218 Å². The molecule has 16 heteroatoms. The number of rotatable bonds is 21. The van der Waals surface area contributed by atoms with Crippen LogP contribution in [0, 0.1) is 17.0 Å². The number of nitrogens with one attached hydrogen (secondary N) is 1. The SMILES string of the molecule is CC(C)(C)[C@H](c1cc(-c2cc(F)ccc2F)cn1Cc1ccccc1)N(CC[C@H](N)C(=O)NCCCC(=O)CC(SC[C@H](N)C(=O)O)C(=O)O)C(=O)CO. The normalized spacial score (nSPS) is 13.8. The van der Waals surface area contributed by atoms with Crippen LogP contribution in [0.25, 0.3) is 11.1 Å². The molecule has 0 radical (unpaired) electrons. The summed E-state index contributed by atoms with van der Waals surface area (Å²) in [6, 6.07) is 11.2. The summed E-state index contributed by atoms with van der Waals surface area (Å²) in [5.74, 6) is -5.54. The number of carboxylic acid groups (broad SMARTS) is 2. The molecule has 2 aromatic carbocycles. The summed E-state index contributed by atoms with van der Waals surface area (Å²) < 4.78 is 31.1. The maximum Gasteiger partial charge on any atom is 0.321 e. The van der Waals surface area contributed by atoms with Gasteiger partial charge in [0.2, 0.25) is 11.8 Å². The van der Waals surface area contributed by atoms with Gasteiger partial charge in [0.15, 0.2) is 0 Å². The van der Waals surface area contributed by atoms with Gasteiger partial charge in [-0.1, -0.05) is 51.1 Å². The molecule has 0 aliphatic carbocycles. The maximum absolute atomic E-state index is 15.0. The number of benzene rings is 2. The van der Waals surface area contributed by atoms with E-state index in [1.807, 2.05) is 55.7 Å². The second-order valence-corrected chi connectivity index (χ2v) is 15.3. The molecular formula is C38H49F2N5O8S. The van der Waals surface area contributed by atoms with Crippen LogP contribution in [0.1, 0.15) is 63.8 Å². The summed E-state index contributed by atoms with van der Waals surface area (Å²) in [5, 5.41) is 29.9. The largest absolute Gasteiger partial charge is 0.480 e. The van der Waals surface area contributed by atoms with E-state index in [4.69, 9.17) is 16.6 Å². The predicted molar refractivity (Wildman–Crippen MR) is 200 cm³/mol.